The molecule has 0 aliphatic carbocycles. The van der Waals surface area contributed by atoms with E-state index in [9.17, 15) is 0 Å². The molecule has 0 amide bonds. The van der Waals surface area contributed by atoms with Gasteiger partial charge in [0.1, 0.15) is 0 Å². The lowest BCUT2D eigenvalue weighted by Gasteiger charge is -2.09. The Morgan fingerprint density at radius 3 is 2.95 bits per heavy atom. The summed E-state index contributed by atoms with van der Waals surface area (Å²) < 4.78 is 5.00. The number of benzene rings is 1. The average Bonchev–Trinajstić information content (AvgIpc) is 2.44. The smallest absolute Gasteiger partial charge is 0.0705 e. The molecular formula is C15H19ClN2O. The van der Waals surface area contributed by atoms with E-state index < -0.39 is 0 Å². The van der Waals surface area contributed by atoms with Crippen LogP contribution in [0.2, 0.25) is 0 Å². The first-order valence-corrected chi connectivity index (χ1v) is 6.91. The van der Waals surface area contributed by atoms with Gasteiger partial charge in [0, 0.05) is 19.0 Å². The van der Waals surface area contributed by atoms with Gasteiger partial charge < -0.3 is 10.1 Å². The molecule has 0 aliphatic heterocycles. The lowest BCUT2D eigenvalue weighted by atomic mass is 10.2. The minimum Gasteiger partial charge on any atom is -0.383 e. The van der Waals surface area contributed by atoms with Crippen LogP contribution in [0.1, 0.15) is 12.1 Å². The summed E-state index contributed by atoms with van der Waals surface area (Å²) in [5.41, 5.74) is 2.09. The minimum atomic E-state index is 0.0714. The summed E-state index contributed by atoms with van der Waals surface area (Å²) in [5, 5.41) is 4.60. The molecule has 3 nitrogen and oxygen atoms in total. The lowest BCUT2D eigenvalue weighted by Crippen LogP contribution is -2.20. The number of rotatable bonds is 7. The second-order valence-corrected chi connectivity index (χ2v) is 5.13. The Bertz CT molecular complexity index is 518. The molecule has 0 radical (unpaired) electrons. The van der Waals surface area contributed by atoms with Crippen molar-refractivity contribution < 1.29 is 4.74 Å². The molecule has 1 aromatic heterocycles. The fourth-order valence-corrected chi connectivity index (χ4v) is 2.18. The molecule has 2 aromatic rings. The third-order valence-corrected chi connectivity index (χ3v) is 3.29. The molecule has 4 heteroatoms. The normalized spacial score (nSPS) is 12.7. The molecule has 1 N–H and O–H groups in total. The number of nitrogens with zero attached hydrogens (tertiary/aromatic N) is 1. The highest BCUT2D eigenvalue weighted by Gasteiger charge is 2.03. The van der Waals surface area contributed by atoms with Crippen molar-refractivity contribution >= 4 is 22.5 Å². The summed E-state index contributed by atoms with van der Waals surface area (Å²) >= 11 is 6.06. The third kappa shape index (κ3) is 4.46. The van der Waals surface area contributed by atoms with Crippen LogP contribution in [0.25, 0.3) is 10.9 Å². The highest BCUT2D eigenvalue weighted by Crippen LogP contribution is 2.11. The van der Waals surface area contributed by atoms with Crippen LogP contribution in [0, 0.1) is 0 Å². The lowest BCUT2D eigenvalue weighted by molar-refractivity contribution is 0.195. The standard InChI is InChI=1S/C15H19ClN2O/c1-19-11-13(16)8-9-17-10-14-7-6-12-4-2-3-5-15(12)18-14/h2-7,13,17H,8-11H2,1H3. The molecular weight excluding hydrogens is 260 g/mol. The number of fused-ring (bicyclic) bond motifs is 1. The van der Waals surface area contributed by atoms with Gasteiger partial charge >= 0.3 is 0 Å². The number of hydrogen-bond acceptors (Lipinski definition) is 3. The molecule has 0 fully saturated rings. The number of nitrogens with one attached hydrogen (secondary N) is 1. The van der Waals surface area contributed by atoms with Crippen molar-refractivity contribution in [3.05, 3.63) is 42.1 Å². The molecule has 0 bridgehead atoms. The van der Waals surface area contributed by atoms with Gasteiger partial charge in [-0.15, -0.1) is 11.6 Å². The summed E-state index contributed by atoms with van der Waals surface area (Å²) in [6.45, 7) is 2.23. The van der Waals surface area contributed by atoms with Gasteiger partial charge in [0.05, 0.1) is 23.2 Å². The van der Waals surface area contributed by atoms with Gasteiger partial charge in [-0.2, -0.15) is 0 Å². The third-order valence-electron chi connectivity index (χ3n) is 2.94. The predicted molar refractivity (Wildman–Crippen MR) is 79.6 cm³/mol. The fourth-order valence-electron chi connectivity index (χ4n) is 1.95. The molecule has 1 atom stereocenters. The molecule has 2 rings (SSSR count). The van der Waals surface area contributed by atoms with Gasteiger partial charge in [-0.25, -0.2) is 0 Å². The Balaban J connectivity index is 1.81. The first-order chi connectivity index (χ1) is 9.29. The number of hydrogen-bond donors (Lipinski definition) is 1. The number of halogens is 1. The Kier molecular flexibility index (Phi) is 5.58. The van der Waals surface area contributed by atoms with Crippen molar-refractivity contribution in [3.63, 3.8) is 0 Å². The minimum absolute atomic E-state index is 0.0714. The van der Waals surface area contributed by atoms with E-state index in [1.54, 1.807) is 7.11 Å². The second-order valence-electron chi connectivity index (χ2n) is 4.51. The second kappa shape index (κ2) is 7.43. The van der Waals surface area contributed by atoms with Crippen LogP contribution in [0.5, 0.6) is 0 Å². The van der Waals surface area contributed by atoms with E-state index in [-0.39, 0.29) is 5.38 Å². The largest absolute Gasteiger partial charge is 0.383 e. The Labute approximate surface area is 118 Å². The summed E-state index contributed by atoms with van der Waals surface area (Å²) in [5.74, 6) is 0. The van der Waals surface area contributed by atoms with Crippen LogP contribution in [0.4, 0.5) is 0 Å². The zero-order valence-electron chi connectivity index (χ0n) is 11.1. The van der Waals surface area contributed by atoms with Crippen molar-refractivity contribution in [2.24, 2.45) is 0 Å². The van der Waals surface area contributed by atoms with Gasteiger partial charge in [0.2, 0.25) is 0 Å². The fraction of sp³-hybridized carbons (Fsp3) is 0.400. The molecule has 0 aliphatic rings. The van der Waals surface area contributed by atoms with E-state index in [0.717, 1.165) is 30.7 Å². The zero-order valence-corrected chi connectivity index (χ0v) is 11.9. The molecule has 1 heterocycles. The Morgan fingerprint density at radius 2 is 2.11 bits per heavy atom. The molecule has 102 valence electrons. The SMILES string of the molecule is COCC(Cl)CCNCc1ccc2ccccc2n1. The number of ether oxygens (including phenoxy) is 1. The molecule has 19 heavy (non-hydrogen) atoms. The van der Waals surface area contributed by atoms with Crippen molar-refractivity contribution in [1.82, 2.24) is 10.3 Å². The van der Waals surface area contributed by atoms with Crippen LogP contribution in [-0.4, -0.2) is 30.6 Å². The first-order valence-electron chi connectivity index (χ1n) is 6.48. The number of pyridine rings is 1. The van der Waals surface area contributed by atoms with E-state index in [4.69, 9.17) is 16.3 Å². The molecule has 1 unspecified atom stereocenters. The maximum Gasteiger partial charge on any atom is 0.0705 e. The molecule has 0 spiro atoms. The van der Waals surface area contributed by atoms with Gasteiger partial charge in [-0.3, -0.25) is 4.98 Å². The van der Waals surface area contributed by atoms with E-state index >= 15 is 0 Å². The zero-order chi connectivity index (χ0) is 13.5. The van der Waals surface area contributed by atoms with Crippen LogP contribution in [-0.2, 0) is 11.3 Å². The number of alkyl halides is 1. The summed E-state index contributed by atoms with van der Waals surface area (Å²) in [7, 11) is 1.67. The summed E-state index contributed by atoms with van der Waals surface area (Å²) in [4.78, 5) is 4.61. The quantitative estimate of drug-likeness (QED) is 0.625. The van der Waals surface area contributed by atoms with E-state index in [1.807, 2.05) is 18.2 Å². The van der Waals surface area contributed by atoms with E-state index in [1.165, 1.54) is 5.39 Å². The summed E-state index contributed by atoms with van der Waals surface area (Å²) in [6.07, 6.45) is 0.892. The van der Waals surface area contributed by atoms with Gasteiger partial charge in [0.15, 0.2) is 0 Å². The van der Waals surface area contributed by atoms with Crippen molar-refractivity contribution in [3.8, 4) is 0 Å². The topological polar surface area (TPSA) is 34.1 Å². The van der Waals surface area contributed by atoms with E-state index in [2.05, 4.69) is 28.5 Å². The van der Waals surface area contributed by atoms with Crippen molar-refractivity contribution in [1.29, 1.82) is 0 Å². The van der Waals surface area contributed by atoms with Gasteiger partial charge in [-0.1, -0.05) is 24.3 Å². The first kappa shape index (κ1) is 14.3. The maximum atomic E-state index is 6.06. The molecule has 0 saturated heterocycles. The van der Waals surface area contributed by atoms with Gasteiger partial charge in [-0.05, 0) is 25.1 Å². The van der Waals surface area contributed by atoms with Gasteiger partial charge in [0.25, 0.3) is 0 Å². The highest BCUT2D eigenvalue weighted by molar-refractivity contribution is 6.20. The molecule has 1 aromatic carbocycles. The maximum absolute atomic E-state index is 6.06. The predicted octanol–water partition coefficient (Wildman–Crippen LogP) is 2.97. The van der Waals surface area contributed by atoms with Crippen LogP contribution < -0.4 is 5.32 Å². The average molecular weight is 279 g/mol. The number of methoxy groups -OCH3 is 1. The van der Waals surface area contributed by atoms with Crippen molar-refractivity contribution in [2.75, 3.05) is 20.3 Å². The van der Waals surface area contributed by atoms with Crippen molar-refractivity contribution in [2.45, 2.75) is 18.3 Å². The monoisotopic (exact) mass is 278 g/mol. The Hall–Kier alpha value is -1.16. The highest BCUT2D eigenvalue weighted by atomic mass is 35.5. The molecule has 0 saturated carbocycles. The van der Waals surface area contributed by atoms with Crippen LogP contribution in [0.3, 0.4) is 0 Å². The van der Waals surface area contributed by atoms with E-state index in [0.29, 0.717) is 6.61 Å². The van der Waals surface area contributed by atoms with Crippen LogP contribution >= 0.6 is 11.6 Å². The number of aromatic nitrogens is 1. The number of para-hydroxylation sites is 1. The van der Waals surface area contributed by atoms with Crippen LogP contribution in [0.15, 0.2) is 36.4 Å². The Morgan fingerprint density at radius 1 is 1.26 bits per heavy atom. The summed E-state index contributed by atoms with van der Waals surface area (Å²) in [6, 6.07) is 12.3.